The van der Waals surface area contributed by atoms with E-state index in [-0.39, 0.29) is 0 Å². The maximum atomic E-state index is 5.55. The predicted octanol–water partition coefficient (Wildman–Crippen LogP) is 4.95. The molecule has 5 heteroatoms. The van der Waals surface area contributed by atoms with Gasteiger partial charge in [0.25, 0.3) is 0 Å². The number of fused-ring (bicyclic) bond motifs is 2. The van der Waals surface area contributed by atoms with Gasteiger partial charge in [-0.2, -0.15) is 5.10 Å². The number of nitrogens with one attached hydrogen (secondary N) is 2. The molecule has 0 amide bonds. The number of aromatic amines is 2. The molecule has 4 rings (SSSR count). The Bertz CT molecular complexity index is 978. The Kier molecular flexibility index (Phi) is 4.74. The Balaban J connectivity index is 0.000000146. The molecule has 0 aliphatic carbocycles. The van der Waals surface area contributed by atoms with Crippen LogP contribution in [0.4, 0.5) is 5.95 Å². The number of H-pyrrole nitrogens is 2. The highest BCUT2D eigenvalue weighted by Gasteiger charge is 2.03. The van der Waals surface area contributed by atoms with Gasteiger partial charge in [0.05, 0.1) is 22.7 Å². The third-order valence-corrected chi connectivity index (χ3v) is 4.32. The summed E-state index contributed by atoms with van der Waals surface area (Å²) in [6, 6.07) is 12.6. The predicted molar refractivity (Wildman–Crippen MR) is 105 cm³/mol. The highest BCUT2D eigenvalue weighted by molar-refractivity contribution is 5.79. The maximum Gasteiger partial charge on any atom is 0.198 e. The van der Waals surface area contributed by atoms with E-state index in [4.69, 9.17) is 5.73 Å². The largest absolute Gasteiger partial charge is 0.369 e. The fourth-order valence-corrected chi connectivity index (χ4v) is 2.73. The van der Waals surface area contributed by atoms with E-state index >= 15 is 0 Å². The molecule has 2 heterocycles. The van der Waals surface area contributed by atoms with Gasteiger partial charge >= 0.3 is 0 Å². The number of benzene rings is 2. The molecule has 0 aliphatic rings. The number of nitrogens with zero attached hydrogens (tertiary/aromatic N) is 2. The second-order valence-electron chi connectivity index (χ2n) is 6.92. The Labute approximate surface area is 147 Å². The van der Waals surface area contributed by atoms with Gasteiger partial charge in [-0.3, -0.25) is 5.10 Å². The van der Waals surface area contributed by atoms with Crippen LogP contribution in [0.25, 0.3) is 21.9 Å². The summed E-state index contributed by atoms with van der Waals surface area (Å²) in [4.78, 5) is 7.16. The lowest BCUT2D eigenvalue weighted by atomic mass is 10.0. The lowest BCUT2D eigenvalue weighted by Gasteiger charge is -2.03. The average molecular weight is 335 g/mol. The van der Waals surface area contributed by atoms with Gasteiger partial charge < -0.3 is 10.7 Å². The van der Waals surface area contributed by atoms with E-state index in [2.05, 4.69) is 78.2 Å². The van der Waals surface area contributed by atoms with Gasteiger partial charge in [-0.25, -0.2) is 4.98 Å². The standard InChI is InChI=1S/C10H13N3.C10H12N2/c1-6(2)7-3-4-8-9(5-7)13-10(11)12-8;1-7(2)8-3-4-10-9(5-8)6-11-12-10/h3-6H,1-2H3,(H3,11,12,13);3-7H,1-2H3,(H,11,12). The molecular weight excluding hydrogens is 310 g/mol. The second kappa shape index (κ2) is 6.97. The van der Waals surface area contributed by atoms with Gasteiger partial charge in [-0.05, 0) is 47.2 Å². The number of nitrogen functional groups attached to an aromatic ring is 1. The first-order valence-electron chi connectivity index (χ1n) is 8.62. The van der Waals surface area contributed by atoms with Gasteiger partial charge in [0, 0.05) is 5.39 Å². The average Bonchev–Trinajstić information content (AvgIpc) is 3.18. The van der Waals surface area contributed by atoms with Crippen LogP contribution in [0.3, 0.4) is 0 Å². The number of aromatic nitrogens is 4. The maximum absolute atomic E-state index is 5.55. The Hall–Kier alpha value is -2.82. The SMILES string of the molecule is CC(C)c1ccc2[nH]ncc2c1.CC(C)c1ccc2nc(N)[nH]c2c1. The summed E-state index contributed by atoms with van der Waals surface area (Å²) in [5.41, 5.74) is 11.3. The fourth-order valence-electron chi connectivity index (χ4n) is 2.73. The number of nitrogens with two attached hydrogens (primary N) is 1. The highest BCUT2D eigenvalue weighted by Crippen LogP contribution is 2.20. The number of rotatable bonds is 2. The zero-order chi connectivity index (χ0) is 18.0. The van der Waals surface area contributed by atoms with Crippen molar-refractivity contribution >= 4 is 27.9 Å². The van der Waals surface area contributed by atoms with Crippen LogP contribution in [0.15, 0.2) is 42.6 Å². The number of imidazole rings is 1. The molecule has 0 aliphatic heterocycles. The van der Waals surface area contributed by atoms with Crippen LogP contribution in [0.1, 0.15) is 50.7 Å². The van der Waals surface area contributed by atoms with Crippen molar-refractivity contribution in [3.8, 4) is 0 Å². The fraction of sp³-hybridized carbons (Fsp3) is 0.300. The molecule has 0 fully saturated rings. The van der Waals surface area contributed by atoms with Gasteiger partial charge in [0.1, 0.15) is 0 Å². The molecule has 0 radical (unpaired) electrons. The molecule has 130 valence electrons. The molecule has 25 heavy (non-hydrogen) atoms. The molecule has 0 unspecified atom stereocenters. The number of hydrogen-bond acceptors (Lipinski definition) is 3. The highest BCUT2D eigenvalue weighted by atomic mass is 15.1. The molecule has 4 N–H and O–H groups in total. The van der Waals surface area contributed by atoms with Gasteiger partial charge in [-0.15, -0.1) is 0 Å². The van der Waals surface area contributed by atoms with Gasteiger partial charge in [0.15, 0.2) is 5.95 Å². The van der Waals surface area contributed by atoms with Crippen molar-refractivity contribution in [1.82, 2.24) is 20.2 Å². The first-order chi connectivity index (χ1) is 11.9. The lowest BCUT2D eigenvalue weighted by Crippen LogP contribution is -1.86. The van der Waals surface area contributed by atoms with Crippen molar-refractivity contribution in [3.63, 3.8) is 0 Å². The minimum Gasteiger partial charge on any atom is -0.369 e. The molecule has 5 nitrogen and oxygen atoms in total. The molecule has 2 aromatic carbocycles. The topological polar surface area (TPSA) is 83.4 Å². The quantitative estimate of drug-likeness (QED) is 0.484. The first-order valence-corrected chi connectivity index (χ1v) is 8.62. The van der Waals surface area contributed by atoms with E-state index in [1.54, 1.807) is 0 Å². The summed E-state index contributed by atoms with van der Waals surface area (Å²) in [5.74, 6) is 1.61. The van der Waals surface area contributed by atoms with E-state index in [0.29, 0.717) is 17.8 Å². The van der Waals surface area contributed by atoms with Crippen molar-refractivity contribution in [2.45, 2.75) is 39.5 Å². The Morgan fingerprint density at radius 3 is 2.28 bits per heavy atom. The third-order valence-electron chi connectivity index (χ3n) is 4.32. The van der Waals surface area contributed by atoms with E-state index in [1.807, 2.05) is 12.3 Å². The van der Waals surface area contributed by atoms with Gasteiger partial charge in [0.2, 0.25) is 0 Å². The zero-order valence-corrected chi connectivity index (χ0v) is 15.2. The summed E-state index contributed by atoms with van der Waals surface area (Å²) in [5, 5.41) is 8.11. The van der Waals surface area contributed by atoms with Crippen molar-refractivity contribution in [1.29, 1.82) is 0 Å². The van der Waals surface area contributed by atoms with Gasteiger partial charge in [-0.1, -0.05) is 39.8 Å². The van der Waals surface area contributed by atoms with Crippen LogP contribution < -0.4 is 5.73 Å². The minimum absolute atomic E-state index is 0.482. The lowest BCUT2D eigenvalue weighted by molar-refractivity contribution is 0.868. The number of hydrogen-bond donors (Lipinski definition) is 3. The van der Waals surface area contributed by atoms with Crippen molar-refractivity contribution < 1.29 is 0 Å². The molecule has 0 bridgehead atoms. The molecule has 0 saturated heterocycles. The summed E-state index contributed by atoms with van der Waals surface area (Å²) >= 11 is 0. The zero-order valence-electron chi connectivity index (χ0n) is 15.2. The first kappa shape index (κ1) is 17.0. The van der Waals surface area contributed by atoms with E-state index in [1.165, 1.54) is 16.5 Å². The van der Waals surface area contributed by atoms with Crippen LogP contribution in [0.5, 0.6) is 0 Å². The van der Waals surface area contributed by atoms with Crippen molar-refractivity contribution in [2.24, 2.45) is 0 Å². The Morgan fingerprint density at radius 2 is 1.56 bits per heavy atom. The van der Waals surface area contributed by atoms with Crippen molar-refractivity contribution in [2.75, 3.05) is 5.73 Å². The van der Waals surface area contributed by atoms with Crippen LogP contribution in [-0.2, 0) is 0 Å². The number of anilines is 1. The Morgan fingerprint density at radius 1 is 0.880 bits per heavy atom. The monoisotopic (exact) mass is 335 g/mol. The molecular formula is C20H25N5. The van der Waals surface area contributed by atoms with Crippen LogP contribution in [-0.4, -0.2) is 20.2 Å². The summed E-state index contributed by atoms with van der Waals surface area (Å²) in [6.07, 6.45) is 1.86. The molecule has 0 saturated carbocycles. The van der Waals surface area contributed by atoms with Crippen LogP contribution in [0, 0.1) is 0 Å². The van der Waals surface area contributed by atoms with Crippen LogP contribution >= 0.6 is 0 Å². The summed E-state index contributed by atoms with van der Waals surface area (Å²) in [6.45, 7) is 8.73. The third kappa shape index (κ3) is 3.82. The normalized spacial score (nSPS) is 11.3. The molecule has 2 aromatic heterocycles. The molecule has 0 spiro atoms. The smallest absolute Gasteiger partial charge is 0.198 e. The molecule has 4 aromatic rings. The summed E-state index contributed by atoms with van der Waals surface area (Å²) in [7, 11) is 0. The van der Waals surface area contributed by atoms with Crippen molar-refractivity contribution in [3.05, 3.63) is 53.7 Å². The summed E-state index contributed by atoms with van der Waals surface area (Å²) < 4.78 is 0. The van der Waals surface area contributed by atoms with E-state index < -0.39 is 0 Å². The van der Waals surface area contributed by atoms with E-state index in [9.17, 15) is 0 Å². The molecule has 0 atom stereocenters. The van der Waals surface area contributed by atoms with E-state index in [0.717, 1.165) is 16.6 Å². The minimum atomic E-state index is 0.482. The second-order valence-corrected chi connectivity index (χ2v) is 6.92. The van der Waals surface area contributed by atoms with Crippen LogP contribution in [0.2, 0.25) is 0 Å².